The highest BCUT2D eigenvalue weighted by molar-refractivity contribution is 5.75. The van der Waals surface area contributed by atoms with Crippen molar-refractivity contribution in [1.82, 2.24) is 0 Å². The van der Waals surface area contributed by atoms with E-state index in [0.29, 0.717) is 12.2 Å². The van der Waals surface area contributed by atoms with Crippen molar-refractivity contribution in [3.63, 3.8) is 0 Å². The van der Waals surface area contributed by atoms with Crippen molar-refractivity contribution >= 4 is 6.29 Å². The minimum absolute atomic E-state index is 0.0805. The molecule has 0 aromatic heterocycles. The number of rotatable bonds is 4. The van der Waals surface area contributed by atoms with Crippen LogP contribution in [-0.4, -0.2) is 19.2 Å². The van der Waals surface area contributed by atoms with Crippen LogP contribution in [0.1, 0.15) is 40.7 Å². The van der Waals surface area contributed by atoms with Crippen LogP contribution in [0.5, 0.6) is 0 Å². The first-order valence-electron chi connectivity index (χ1n) is 6.07. The van der Waals surface area contributed by atoms with Crippen molar-refractivity contribution in [1.29, 1.82) is 0 Å². The number of carbonyl (C=O) groups is 1. The van der Waals surface area contributed by atoms with E-state index >= 15 is 0 Å². The van der Waals surface area contributed by atoms with Crippen molar-refractivity contribution in [2.24, 2.45) is 0 Å². The van der Waals surface area contributed by atoms with Gasteiger partial charge in [0.05, 0.1) is 6.61 Å². The fraction of sp³-hybridized carbons (Fsp3) is 0.500. The molecule has 0 bridgehead atoms. The predicted molar refractivity (Wildman–Crippen MR) is 64.9 cm³/mol. The summed E-state index contributed by atoms with van der Waals surface area (Å²) < 4.78 is 11.2. The zero-order valence-corrected chi connectivity index (χ0v) is 10.1. The number of aryl methyl sites for hydroxylation is 1. The zero-order chi connectivity index (χ0) is 12.1. The molecule has 0 spiro atoms. The van der Waals surface area contributed by atoms with Crippen LogP contribution in [0.2, 0.25) is 0 Å². The molecule has 1 aliphatic heterocycles. The molecule has 3 heteroatoms. The molecule has 1 unspecified atom stereocenters. The molecular weight excluding hydrogens is 216 g/mol. The molecule has 17 heavy (non-hydrogen) atoms. The molecule has 1 aliphatic rings. The van der Waals surface area contributed by atoms with Gasteiger partial charge in [-0.3, -0.25) is 4.79 Å². The van der Waals surface area contributed by atoms with Crippen molar-refractivity contribution in [2.75, 3.05) is 6.61 Å². The van der Waals surface area contributed by atoms with Gasteiger partial charge in [-0.15, -0.1) is 0 Å². The molecule has 0 aliphatic carbocycles. The highest BCUT2D eigenvalue weighted by atomic mass is 16.7. The van der Waals surface area contributed by atoms with Gasteiger partial charge in [-0.25, -0.2) is 0 Å². The first kappa shape index (κ1) is 12.3. The van der Waals surface area contributed by atoms with E-state index in [1.54, 1.807) is 0 Å². The Morgan fingerprint density at radius 2 is 2.35 bits per heavy atom. The smallest absolute Gasteiger partial charge is 0.158 e. The molecule has 1 atom stereocenters. The standard InChI is InChI=1S/C14H18O3/c1-11-5-6-12(9-15)8-13(11)10-17-14-4-2-3-7-16-14/h5-6,8-9,14H,2-4,7,10H2,1H3. The van der Waals surface area contributed by atoms with E-state index < -0.39 is 0 Å². The quantitative estimate of drug-likeness (QED) is 0.751. The molecule has 1 saturated heterocycles. The monoisotopic (exact) mass is 234 g/mol. The van der Waals surface area contributed by atoms with E-state index in [9.17, 15) is 4.79 Å². The number of benzene rings is 1. The lowest BCUT2D eigenvalue weighted by Gasteiger charge is -2.23. The van der Waals surface area contributed by atoms with Crippen molar-refractivity contribution in [2.45, 2.75) is 39.1 Å². The van der Waals surface area contributed by atoms with Gasteiger partial charge in [-0.05, 0) is 43.4 Å². The van der Waals surface area contributed by atoms with Crippen LogP contribution in [0, 0.1) is 6.92 Å². The van der Waals surface area contributed by atoms with Crippen LogP contribution in [0.3, 0.4) is 0 Å². The molecule has 0 saturated carbocycles. The van der Waals surface area contributed by atoms with Crippen LogP contribution < -0.4 is 0 Å². The lowest BCUT2D eigenvalue weighted by atomic mass is 10.1. The van der Waals surface area contributed by atoms with E-state index in [0.717, 1.165) is 43.3 Å². The van der Waals surface area contributed by atoms with Gasteiger partial charge in [0.15, 0.2) is 6.29 Å². The molecule has 0 N–H and O–H groups in total. The minimum atomic E-state index is -0.0805. The molecule has 1 heterocycles. The summed E-state index contributed by atoms with van der Waals surface area (Å²) in [7, 11) is 0. The lowest BCUT2D eigenvalue weighted by Crippen LogP contribution is -2.22. The molecule has 3 nitrogen and oxygen atoms in total. The summed E-state index contributed by atoms with van der Waals surface area (Å²) in [5.74, 6) is 0. The zero-order valence-electron chi connectivity index (χ0n) is 10.1. The van der Waals surface area contributed by atoms with Gasteiger partial charge in [-0.2, -0.15) is 0 Å². The summed E-state index contributed by atoms with van der Waals surface area (Å²) in [6.07, 6.45) is 4.03. The highest BCUT2D eigenvalue weighted by Gasteiger charge is 2.14. The number of ether oxygens (including phenoxy) is 2. The van der Waals surface area contributed by atoms with Gasteiger partial charge in [0, 0.05) is 12.2 Å². The summed E-state index contributed by atoms with van der Waals surface area (Å²) in [5, 5.41) is 0. The molecule has 92 valence electrons. The number of hydrogen-bond acceptors (Lipinski definition) is 3. The Morgan fingerprint density at radius 1 is 1.47 bits per heavy atom. The number of aldehydes is 1. The average Bonchev–Trinajstić information content (AvgIpc) is 2.39. The summed E-state index contributed by atoms with van der Waals surface area (Å²) in [6, 6.07) is 5.65. The van der Waals surface area contributed by atoms with Crippen LogP contribution in [-0.2, 0) is 16.1 Å². The molecule has 1 fully saturated rings. The van der Waals surface area contributed by atoms with Crippen LogP contribution in [0.4, 0.5) is 0 Å². The second kappa shape index (κ2) is 5.94. The van der Waals surface area contributed by atoms with Crippen LogP contribution in [0.25, 0.3) is 0 Å². The van der Waals surface area contributed by atoms with Gasteiger partial charge in [0.1, 0.15) is 6.29 Å². The van der Waals surface area contributed by atoms with E-state index in [1.165, 1.54) is 0 Å². The van der Waals surface area contributed by atoms with E-state index in [-0.39, 0.29) is 6.29 Å². The Bertz CT molecular complexity index is 381. The van der Waals surface area contributed by atoms with Crippen molar-refractivity contribution in [3.05, 3.63) is 34.9 Å². The fourth-order valence-electron chi connectivity index (χ4n) is 1.95. The van der Waals surface area contributed by atoms with E-state index in [4.69, 9.17) is 9.47 Å². The van der Waals surface area contributed by atoms with E-state index in [2.05, 4.69) is 0 Å². The third kappa shape index (κ3) is 3.38. The maximum absolute atomic E-state index is 10.7. The fourth-order valence-corrected chi connectivity index (χ4v) is 1.95. The Hall–Kier alpha value is -1.19. The summed E-state index contributed by atoms with van der Waals surface area (Å²) >= 11 is 0. The Morgan fingerprint density at radius 3 is 3.06 bits per heavy atom. The van der Waals surface area contributed by atoms with Crippen LogP contribution in [0.15, 0.2) is 18.2 Å². The second-order valence-electron chi connectivity index (χ2n) is 4.41. The normalized spacial score (nSPS) is 20.2. The summed E-state index contributed by atoms with van der Waals surface area (Å²) in [6.45, 7) is 3.32. The molecule has 2 rings (SSSR count). The van der Waals surface area contributed by atoms with Gasteiger partial charge in [0.2, 0.25) is 0 Å². The summed E-state index contributed by atoms with van der Waals surface area (Å²) in [4.78, 5) is 10.7. The Kier molecular flexibility index (Phi) is 4.29. The van der Waals surface area contributed by atoms with Crippen molar-refractivity contribution < 1.29 is 14.3 Å². The highest BCUT2D eigenvalue weighted by Crippen LogP contribution is 2.17. The molecular formula is C14H18O3. The topological polar surface area (TPSA) is 35.5 Å². The van der Waals surface area contributed by atoms with Crippen molar-refractivity contribution in [3.8, 4) is 0 Å². The lowest BCUT2D eigenvalue weighted by molar-refractivity contribution is -0.169. The minimum Gasteiger partial charge on any atom is -0.353 e. The molecule has 1 aromatic carbocycles. The third-order valence-electron chi connectivity index (χ3n) is 3.07. The maximum Gasteiger partial charge on any atom is 0.158 e. The Balaban J connectivity index is 1.95. The summed E-state index contributed by atoms with van der Waals surface area (Å²) in [5.41, 5.74) is 2.90. The van der Waals surface area contributed by atoms with Gasteiger partial charge in [-0.1, -0.05) is 12.1 Å². The maximum atomic E-state index is 10.7. The predicted octanol–water partition coefficient (Wildman–Crippen LogP) is 2.85. The average molecular weight is 234 g/mol. The molecule has 1 aromatic rings. The van der Waals surface area contributed by atoms with E-state index in [1.807, 2.05) is 25.1 Å². The first-order chi connectivity index (χ1) is 8.29. The SMILES string of the molecule is Cc1ccc(C=O)cc1COC1CCCCO1. The largest absolute Gasteiger partial charge is 0.353 e. The first-order valence-corrected chi connectivity index (χ1v) is 6.07. The number of carbonyl (C=O) groups excluding carboxylic acids is 1. The number of hydrogen-bond donors (Lipinski definition) is 0. The van der Waals surface area contributed by atoms with Gasteiger partial charge < -0.3 is 9.47 Å². The third-order valence-corrected chi connectivity index (χ3v) is 3.07. The molecule has 0 radical (unpaired) electrons. The Labute approximate surface area is 102 Å². The second-order valence-corrected chi connectivity index (χ2v) is 4.41. The van der Waals surface area contributed by atoms with Gasteiger partial charge in [0.25, 0.3) is 0 Å². The molecule has 0 amide bonds. The van der Waals surface area contributed by atoms with Gasteiger partial charge >= 0.3 is 0 Å². The van der Waals surface area contributed by atoms with Crippen LogP contribution >= 0.6 is 0 Å².